The van der Waals surface area contributed by atoms with Gasteiger partial charge in [-0.3, -0.25) is 0 Å². The van der Waals surface area contributed by atoms with Gasteiger partial charge in [0.05, 0.1) is 6.20 Å². The van der Waals surface area contributed by atoms with Crippen LogP contribution < -0.4 is 10.1 Å². The summed E-state index contributed by atoms with van der Waals surface area (Å²) in [6.45, 7) is 0.205. The van der Waals surface area contributed by atoms with Crippen molar-refractivity contribution in [3.8, 4) is 17.3 Å². The highest BCUT2D eigenvalue weighted by molar-refractivity contribution is 6.28. The third kappa shape index (κ3) is 4.30. The molecule has 3 rings (SSSR count). The minimum absolute atomic E-state index is 0.0644. The van der Waals surface area contributed by atoms with E-state index in [1.165, 1.54) is 17.8 Å². The van der Waals surface area contributed by atoms with Gasteiger partial charge in [0.25, 0.3) is 0 Å². The molecule has 0 aliphatic heterocycles. The summed E-state index contributed by atoms with van der Waals surface area (Å²) in [5.41, 5.74) is 1.04. The molecule has 6 nitrogen and oxygen atoms in total. The molecule has 0 bridgehead atoms. The molecule has 0 aliphatic carbocycles. The second-order valence-electron chi connectivity index (χ2n) is 5.65. The van der Waals surface area contributed by atoms with E-state index in [-0.39, 0.29) is 17.7 Å². The van der Waals surface area contributed by atoms with Gasteiger partial charge in [0.15, 0.2) is 5.69 Å². The van der Waals surface area contributed by atoms with Crippen molar-refractivity contribution in [2.45, 2.75) is 12.8 Å². The van der Waals surface area contributed by atoms with Crippen LogP contribution >= 0.6 is 11.6 Å². The number of alkyl halides is 3. The van der Waals surface area contributed by atoms with Crippen molar-refractivity contribution >= 4 is 17.3 Å². The number of nitrogens with one attached hydrogen (secondary N) is 1. The lowest BCUT2D eigenvalue weighted by molar-refractivity contribution is -0.140. The minimum atomic E-state index is -4.48. The monoisotopic (exact) mass is 397 g/mol. The number of rotatable bonds is 5. The molecular formula is C17H15ClF3N5O. The van der Waals surface area contributed by atoms with Gasteiger partial charge < -0.3 is 14.6 Å². The first-order valence-corrected chi connectivity index (χ1v) is 8.18. The maximum atomic E-state index is 12.8. The van der Waals surface area contributed by atoms with E-state index in [1.54, 1.807) is 31.3 Å². The van der Waals surface area contributed by atoms with E-state index < -0.39 is 11.9 Å². The minimum Gasteiger partial charge on any atom is -0.471 e. The van der Waals surface area contributed by atoms with Gasteiger partial charge in [0, 0.05) is 25.9 Å². The van der Waals surface area contributed by atoms with Gasteiger partial charge in [-0.2, -0.15) is 18.2 Å². The zero-order valence-electron chi connectivity index (χ0n) is 14.4. The molecule has 0 unspecified atom stereocenters. The quantitative estimate of drug-likeness (QED) is 0.654. The van der Waals surface area contributed by atoms with Gasteiger partial charge in [0.1, 0.15) is 18.1 Å². The topological polar surface area (TPSA) is 64.9 Å². The molecule has 0 amide bonds. The molecule has 3 aromatic rings. The average molecular weight is 398 g/mol. The molecule has 2 heterocycles. The summed E-state index contributed by atoms with van der Waals surface area (Å²) in [6, 6.07) is 6.87. The van der Waals surface area contributed by atoms with Crippen molar-refractivity contribution in [3.05, 3.63) is 53.2 Å². The number of benzene rings is 1. The highest BCUT2D eigenvalue weighted by Gasteiger charge is 2.34. The number of anilines is 1. The Morgan fingerprint density at radius 1 is 1.19 bits per heavy atom. The van der Waals surface area contributed by atoms with E-state index in [0.29, 0.717) is 17.1 Å². The molecule has 142 valence electrons. The maximum absolute atomic E-state index is 12.8. The normalized spacial score (nSPS) is 11.5. The van der Waals surface area contributed by atoms with Crippen LogP contribution in [0.25, 0.3) is 11.4 Å². The summed E-state index contributed by atoms with van der Waals surface area (Å²) >= 11 is 5.77. The number of ether oxygens (including phenoxy) is 1. The lowest BCUT2D eigenvalue weighted by atomic mass is 10.1. The molecule has 0 saturated carbocycles. The molecule has 1 N–H and O–H groups in total. The number of hydrogen-bond acceptors (Lipinski definition) is 5. The average Bonchev–Trinajstić information content (AvgIpc) is 3.03. The first-order valence-electron chi connectivity index (χ1n) is 7.81. The molecule has 0 fully saturated rings. The fraction of sp³-hybridized carbons (Fsp3) is 0.235. The molecule has 0 atom stereocenters. The largest absolute Gasteiger partial charge is 0.471 e. The van der Waals surface area contributed by atoms with Crippen LogP contribution in [-0.2, 0) is 19.8 Å². The van der Waals surface area contributed by atoms with Gasteiger partial charge in [0.2, 0.25) is 11.2 Å². The molecule has 0 radical (unpaired) electrons. The molecule has 0 saturated heterocycles. The summed E-state index contributed by atoms with van der Waals surface area (Å²) in [4.78, 5) is 11.5. The van der Waals surface area contributed by atoms with Crippen LogP contribution in [0, 0.1) is 0 Å². The van der Waals surface area contributed by atoms with Crippen molar-refractivity contribution in [1.29, 1.82) is 0 Å². The standard InChI is InChI=1S/C17H15ClF3N5O/c1-22-12-7-23-16(18)25-15(12)27-9-10-3-5-11(6-4-10)14-24-13(8-26(14)2)17(19,20)21/h3-8,22H,9H2,1-2H3. The Hall–Kier alpha value is -2.81. The molecular weight excluding hydrogens is 383 g/mol. The fourth-order valence-electron chi connectivity index (χ4n) is 2.40. The number of nitrogens with zero attached hydrogens (tertiary/aromatic N) is 4. The van der Waals surface area contributed by atoms with Crippen molar-refractivity contribution in [3.63, 3.8) is 0 Å². The number of imidazole rings is 1. The lowest BCUT2D eigenvalue weighted by Crippen LogP contribution is -2.04. The number of aryl methyl sites for hydroxylation is 1. The Balaban J connectivity index is 1.75. The van der Waals surface area contributed by atoms with E-state index in [0.717, 1.165) is 11.8 Å². The highest BCUT2D eigenvalue weighted by atomic mass is 35.5. The van der Waals surface area contributed by atoms with Crippen LogP contribution in [0.2, 0.25) is 5.28 Å². The first kappa shape index (κ1) is 19.0. The van der Waals surface area contributed by atoms with Crippen molar-refractivity contribution in [1.82, 2.24) is 19.5 Å². The predicted octanol–water partition coefficient (Wildman–Crippen LogP) is 4.17. The second-order valence-corrected chi connectivity index (χ2v) is 5.99. The molecule has 27 heavy (non-hydrogen) atoms. The summed E-state index contributed by atoms with van der Waals surface area (Å²) in [7, 11) is 3.23. The van der Waals surface area contributed by atoms with Gasteiger partial charge in [-0.1, -0.05) is 24.3 Å². The molecule has 2 aromatic heterocycles. The van der Waals surface area contributed by atoms with Crippen LogP contribution in [0.1, 0.15) is 11.3 Å². The van der Waals surface area contributed by atoms with E-state index in [1.807, 2.05) is 0 Å². The molecule has 0 aliphatic rings. The van der Waals surface area contributed by atoms with Crippen molar-refractivity contribution in [2.24, 2.45) is 7.05 Å². The van der Waals surface area contributed by atoms with Crippen LogP contribution in [0.4, 0.5) is 18.9 Å². The zero-order valence-corrected chi connectivity index (χ0v) is 15.1. The Morgan fingerprint density at radius 3 is 2.48 bits per heavy atom. The van der Waals surface area contributed by atoms with Crippen molar-refractivity contribution < 1.29 is 17.9 Å². The second kappa shape index (κ2) is 7.43. The van der Waals surface area contributed by atoms with Crippen LogP contribution in [0.15, 0.2) is 36.7 Å². The smallest absolute Gasteiger partial charge is 0.434 e. The van der Waals surface area contributed by atoms with E-state index in [9.17, 15) is 13.2 Å². The fourth-order valence-corrected chi connectivity index (χ4v) is 2.53. The zero-order chi connectivity index (χ0) is 19.6. The SMILES string of the molecule is CNc1cnc(Cl)nc1OCc1ccc(-c2nc(C(F)(F)F)cn2C)cc1. The molecule has 1 aromatic carbocycles. The van der Waals surface area contributed by atoms with E-state index in [4.69, 9.17) is 16.3 Å². The predicted molar refractivity (Wildman–Crippen MR) is 94.6 cm³/mol. The molecule has 0 spiro atoms. The highest BCUT2D eigenvalue weighted by Crippen LogP contribution is 2.30. The summed E-state index contributed by atoms with van der Waals surface area (Å²) < 4.78 is 45.4. The number of aromatic nitrogens is 4. The third-order valence-electron chi connectivity index (χ3n) is 3.75. The summed E-state index contributed by atoms with van der Waals surface area (Å²) in [5.74, 6) is 0.537. The Kier molecular flexibility index (Phi) is 5.22. The molecule has 10 heteroatoms. The van der Waals surface area contributed by atoms with Crippen molar-refractivity contribution in [2.75, 3.05) is 12.4 Å². The van der Waals surface area contributed by atoms with Gasteiger partial charge in [-0.25, -0.2) is 9.97 Å². The first-order chi connectivity index (χ1) is 12.8. The van der Waals surface area contributed by atoms with Gasteiger partial charge >= 0.3 is 6.18 Å². The van der Waals surface area contributed by atoms with E-state index >= 15 is 0 Å². The lowest BCUT2D eigenvalue weighted by Gasteiger charge is -2.10. The van der Waals surface area contributed by atoms with Crippen LogP contribution in [-0.4, -0.2) is 26.6 Å². The number of hydrogen-bond donors (Lipinski definition) is 1. The Labute approximate surface area is 158 Å². The summed E-state index contributed by atoms with van der Waals surface area (Å²) in [6.07, 6.45) is -2.01. The summed E-state index contributed by atoms with van der Waals surface area (Å²) in [5, 5.41) is 2.96. The van der Waals surface area contributed by atoms with Gasteiger partial charge in [-0.05, 0) is 17.2 Å². The van der Waals surface area contributed by atoms with Crippen LogP contribution in [0.3, 0.4) is 0 Å². The van der Waals surface area contributed by atoms with Gasteiger partial charge in [-0.15, -0.1) is 0 Å². The third-order valence-corrected chi connectivity index (χ3v) is 3.93. The Bertz CT molecular complexity index is 941. The number of halogens is 4. The van der Waals surface area contributed by atoms with E-state index in [2.05, 4.69) is 20.3 Å². The Morgan fingerprint density at radius 2 is 1.89 bits per heavy atom. The maximum Gasteiger partial charge on any atom is 0.434 e. The van der Waals surface area contributed by atoms with Crippen LogP contribution in [0.5, 0.6) is 5.88 Å².